The summed E-state index contributed by atoms with van der Waals surface area (Å²) in [6, 6.07) is 23.2. The first kappa shape index (κ1) is 18.5. The largest absolute Gasteiger partial charge is 0.274 e. The Hall–Kier alpha value is -2.91. The van der Waals surface area contributed by atoms with Crippen LogP contribution < -0.4 is 0 Å². The molecule has 3 aromatic carbocycles. The Morgan fingerprint density at radius 2 is 1.29 bits per heavy atom. The molecule has 3 nitrogen and oxygen atoms in total. The Kier molecular flexibility index (Phi) is 5.01. The lowest BCUT2D eigenvalue weighted by Crippen LogP contribution is -2.31. The molecule has 1 aliphatic rings. The summed E-state index contributed by atoms with van der Waals surface area (Å²) in [5.41, 5.74) is 4.46. The highest BCUT2D eigenvalue weighted by molar-refractivity contribution is 6.30. The molecular formula is C24H20ClNO2. The van der Waals surface area contributed by atoms with Crippen LogP contribution in [-0.2, 0) is 0 Å². The van der Waals surface area contributed by atoms with Crippen molar-refractivity contribution in [1.82, 2.24) is 4.90 Å². The molecule has 0 spiro atoms. The van der Waals surface area contributed by atoms with Crippen molar-refractivity contribution in [3.05, 3.63) is 94.5 Å². The molecule has 0 aromatic heterocycles. The van der Waals surface area contributed by atoms with Crippen LogP contribution in [0.2, 0.25) is 5.02 Å². The van der Waals surface area contributed by atoms with Gasteiger partial charge in [-0.25, -0.2) is 0 Å². The molecule has 0 saturated carbocycles. The zero-order chi connectivity index (χ0) is 19.7. The quantitative estimate of drug-likeness (QED) is 0.517. The van der Waals surface area contributed by atoms with Gasteiger partial charge in [0.15, 0.2) is 0 Å². The van der Waals surface area contributed by atoms with Crippen LogP contribution in [0.25, 0.3) is 11.1 Å². The average Bonchev–Trinajstić information content (AvgIpc) is 2.97. The lowest BCUT2D eigenvalue weighted by atomic mass is 9.95. The van der Waals surface area contributed by atoms with Gasteiger partial charge in [0.25, 0.3) is 11.8 Å². The van der Waals surface area contributed by atoms with Crippen LogP contribution in [0.5, 0.6) is 0 Å². The Labute approximate surface area is 169 Å². The predicted octanol–water partition coefficient (Wildman–Crippen LogP) is 5.80. The number of halogens is 1. The molecule has 140 valence electrons. The Bertz CT molecular complexity index is 990. The zero-order valence-corrected chi connectivity index (χ0v) is 16.3. The molecule has 0 N–H and O–H groups in total. The smallest absolute Gasteiger partial charge is 0.261 e. The van der Waals surface area contributed by atoms with E-state index in [0.717, 1.165) is 22.6 Å². The minimum Gasteiger partial charge on any atom is -0.274 e. The van der Waals surface area contributed by atoms with Crippen LogP contribution in [0.4, 0.5) is 0 Å². The van der Waals surface area contributed by atoms with E-state index in [9.17, 15) is 9.59 Å². The van der Waals surface area contributed by atoms with Crippen molar-refractivity contribution in [2.24, 2.45) is 0 Å². The van der Waals surface area contributed by atoms with E-state index >= 15 is 0 Å². The number of hydrogen-bond acceptors (Lipinski definition) is 2. The lowest BCUT2D eigenvalue weighted by Gasteiger charge is -2.18. The van der Waals surface area contributed by atoms with E-state index in [0.29, 0.717) is 17.7 Å². The van der Waals surface area contributed by atoms with Gasteiger partial charge in [-0.2, -0.15) is 0 Å². The van der Waals surface area contributed by atoms with Crippen LogP contribution in [-0.4, -0.2) is 23.3 Å². The van der Waals surface area contributed by atoms with Crippen molar-refractivity contribution in [2.45, 2.75) is 19.3 Å². The number of nitrogens with zero attached hydrogens (tertiary/aromatic N) is 1. The third kappa shape index (κ3) is 3.46. The number of hydrogen-bond donors (Lipinski definition) is 0. The van der Waals surface area contributed by atoms with Crippen LogP contribution in [0, 0.1) is 0 Å². The van der Waals surface area contributed by atoms with E-state index in [1.165, 1.54) is 10.5 Å². The van der Waals surface area contributed by atoms with E-state index in [-0.39, 0.29) is 17.7 Å². The summed E-state index contributed by atoms with van der Waals surface area (Å²) in [5.74, 6) is -0.139. The lowest BCUT2D eigenvalue weighted by molar-refractivity contribution is 0.0650. The summed E-state index contributed by atoms with van der Waals surface area (Å²) < 4.78 is 0. The van der Waals surface area contributed by atoms with Gasteiger partial charge in [-0.3, -0.25) is 14.5 Å². The summed E-state index contributed by atoms with van der Waals surface area (Å²) in [6.45, 7) is 2.54. The molecule has 4 rings (SSSR count). The molecule has 2 amide bonds. The molecule has 1 unspecified atom stereocenters. The molecule has 4 heteroatoms. The van der Waals surface area contributed by atoms with E-state index in [1.54, 1.807) is 24.3 Å². The second kappa shape index (κ2) is 7.61. The first-order valence-corrected chi connectivity index (χ1v) is 9.73. The molecule has 3 aromatic rings. The van der Waals surface area contributed by atoms with Crippen molar-refractivity contribution in [3.8, 4) is 11.1 Å². The van der Waals surface area contributed by atoms with Gasteiger partial charge in [-0.15, -0.1) is 0 Å². The van der Waals surface area contributed by atoms with Gasteiger partial charge in [0.2, 0.25) is 0 Å². The monoisotopic (exact) mass is 389 g/mol. The maximum absolute atomic E-state index is 12.5. The summed E-state index contributed by atoms with van der Waals surface area (Å²) in [7, 11) is 0. The summed E-state index contributed by atoms with van der Waals surface area (Å²) >= 11 is 5.95. The molecule has 1 heterocycles. The normalized spacial score (nSPS) is 14.3. The average molecular weight is 390 g/mol. The minimum absolute atomic E-state index is 0.189. The SMILES string of the molecule is CC(CCN1C(=O)c2ccccc2C1=O)c1ccc(-c2ccc(Cl)cc2)cc1. The van der Waals surface area contributed by atoms with Crippen molar-refractivity contribution < 1.29 is 9.59 Å². The summed E-state index contributed by atoms with van der Waals surface area (Å²) in [6.07, 6.45) is 0.728. The first-order chi connectivity index (χ1) is 13.5. The fourth-order valence-corrected chi connectivity index (χ4v) is 3.70. The molecule has 1 atom stereocenters. The van der Waals surface area contributed by atoms with Crippen LogP contribution in [0.3, 0.4) is 0 Å². The third-order valence-electron chi connectivity index (χ3n) is 5.32. The van der Waals surface area contributed by atoms with Crippen LogP contribution in [0.1, 0.15) is 45.5 Å². The number of imide groups is 1. The maximum Gasteiger partial charge on any atom is 0.261 e. The van der Waals surface area contributed by atoms with Crippen molar-refractivity contribution in [2.75, 3.05) is 6.54 Å². The highest BCUT2D eigenvalue weighted by atomic mass is 35.5. The number of carbonyl (C=O) groups excluding carboxylic acids is 2. The third-order valence-corrected chi connectivity index (χ3v) is 5.57. The molecule has 0 aliphatic carbocycles. The van der Waals surface area contributed by atoms with Gasteiger partial charge in [0.1, 0.15) is 0 Å². The van der Waals surface area contributed by atoms with Gasteiger partial charge in [0, 0.05) is 11.6 Å². The summed E-state index contributed by atoms with van der Waals surface area (Å²) in [4.78, 5) is 26.3. The number of benzene rings is 3. The van der Waals surface area contributed by atoms with Crippen molar-refractivity contribution in [3.63, 3.8) is 0 Å². The van der Waals surface area contributed by atoms with Gasteiger partial charge >= 0.3 is 0 Å². The fraction of sp³-hybridized carbons (Fsp3) is 0.167. The van der Waals surface area contributed by atoms with E-state index in [4.69, 9.17) is 11.6 Å². The molecule has 0 bridgehead atoms. The summed E-state index contributed by atoms with van der Waals surface area (Å²) in [5, 5.41) is 0.724. The molecule has 0 radical (unpaired) electrons. The van der Waals surface area contributed by atoms with Crippen molar-refractivity contribution in [1.29, 1.82) is 0 Å². The van der Waals surface area contributed by atoms with Crippen molar-refractivity contribution >= 4 is 23.4 Å². The highest BCUT2D eigenvalue weighted by Gasteiger charge is 2.34. The molecule has 0 fully saturated rings. The molecule has 1 aliphatic heterocycles. The van der Waals surface area contributed by atoms with Gasteiger partial charge < -0.3 is 0 Å². The zero-order valence-electron chi connectivity index (χ0n) is 15.6. The second-order valence-electron chi connectivity index (χ2n) is 7.13. The Morgan fingerprint density at radius 1 is 0.786 bits per heavy atom. The number of amides is 2. The second-order valence-corrected chi connectivity index (χ2v) is 7.56. The first-order valence-electron chi connectivity index (χ1n) is 9.36. The van der Waals surface area contributed by atoms with Gasteiger partial charge in [-0.1, -0.05) is 67.1 Å². The number of rotatable bonds is 5. The number of fused-ring (bicyclic) bond motifs is 1. The molecular weight excluding hydrogens is 370 g/mol. The molecule has 28 heavy (non-hydrogen) atoms. The predicted molar refractivity (Wildman–Crippen MR) is 112 cm³/mol. The van der Waals surface area contributed by atoms with E-state index < -0.39 is 0 Å². The Morgan fingerprint density at radius 3 is 1.82 bits per heavy atom. The van der Waals surface area contributed by atoms with E-state index in [1.807, 2.05) is 24.3 Å². The molecule has 0 saturated heterocycles. The topological polar surface area (TPSA) is 37.4 Å². The maximum atomic E-state index is 12.5. The van der Waals surface area contributed by atoms with E-state index in [2.05, 4.69) is 31.2 Å². The van der Waals surface area contributed by atoms with Gasteiger partial charge in [-0.05, 0) is 53.3 Å². The Balaban J connectivity index is 1.42. The van der Waals surface area contributed by atoms with Crippen LogP contribution in [0.15, 0.2) is 72.8 Å². The number of carbonyl (C=O) groups is 2. The standard InChI is InChI=1S/C24H20ClNO2/c1-16(14-15-26-23(27)21-4-2-3-5-22(21)24(26)28)17-6-8-18(9-7-17)19-10-12-20(25)13-11-19/h2-13,16H,14-15H2,1H3. The van der Waals surface area contributed by atoms with Gasteiger partial charge in [0.05, 0.1) is 11.1 Å². The fourth-order valence-electron chi connectivity index (χ4n) is 3.58. The highest BCUT2D eigenvalue weighted by Crippen LogP contribution is 2.27. The van der Waals surface area contributed by atoms with Crippen LogP contribution >= 0.6 is 11.6 Å². The minimum atomic E-state index is -0.189.